The Morgan fingerprint density at radius 1 is 1.44 bits per heavy atom. The third kappa shape index (κ3) is 3.24. The van der Waals surface area contributed by atoms with Crippen LogP contribution in [0.1, 0.15) is 36.3 Å². The number of aromatic nitrogens is 4. The van der Waals surface area contributed by atoms with Crippen molar-refractivity contribution in [3.63, 3.8) is 0 Å². The molecule has 130 valence electrons. The standard InChI is InChI=1S/C17H18FN5O2/c1-10-19-17(25-22-10)11-6-7-23(9-11)16(24)5-4-15-20-13-3-2-12(18)8-14(13)21-15/h2-3,8,11H,4-7,9H2,1H3,(H,20,21). The molecule has 0 aliphatic carbocycles. The summed E-state index contributed by atoms with van der Waals surface area (Å²) in [5.74, 6) is 1.79. The second kappa shape index (κ2) is 6.27. The lowest BCUT2D eigenvalue weighted by molar-refractivity contribution is -0.130. The lowest BCUT2D eigenvalue weighted by Crippen LogP contribution is -2.28. The largest absolute Gasteiger partial charge is 0.342 e. The average molecular weight is 343 g/mol. The van der Waals surface area contributed by atoms with Gasteiger partial charge in [0, 0.05) is 25.9 Å². The highest BCUT2D eigenvalue weighted by Crippen LogP contribution is 2.26. The zero-order chi connectivity index (χ0) is 17.4. The lowest BCUT2D eigenvalue weighted by atomic mass is 10.1. The molecular weight excluding hydrogens is 325 g/mol. The number of nitrogens with zero attached hydrogens (tertiary/aromatic N) is 4. The summed E-state index contributed by atoms with van der Waals surface area (Å²) in [5, 5.41) is 3.81. The summed E-state index contributed by atoms with van der Waals surface area (Å²) in [5.41, 5.74) is 1.35. The summed E-state index contributed by atoms with van der Waals surface area (Å²) in [6, 6.07) is 4.41. The molecular formula is C17H18FN5O2. The average Bonchev–Trinajstić information content (AvgIpc) is 3.30. The molecule has 1 aliphatic heterocycles. The van der Waals surface area contributed by atoms with E-state index < -0.39 is 0 Å². The smallest absolute Gasteiger partial charge is 0.231 e. The van der Waals surface area contributed by atoms with Crippen molar-refractivity contribution < 1.29 is 13.7 Å². The zero-order valence-electron chi connectivity index (χ0n) is 13.8. The highest BCUT2D eigenvalue weighted by atomic mass is 19.1. The number of halogens is 1. The van der Waals surface area contributed by atoms with Crippen molar-refractivity contribution in [3.05, 3.63) is 41.6 Å². The van der Waals surface area contributed by atoms with Crippen molar-refractivity contribution in [1.82, 2.24) is 25.0 Å². The van der Waals surface area contributed by atoms with Crippen molar-refractivity contribution >= 4 is 16.9 Å². The molecule has 1 fully saturated rings. The normalized spacial score (nSPS) is 17.5. The van der Waals surface area contributed by atoms with E-state index in [9.17, 15) is 9.18 Å². The molecule has 1 saturated heterocycles. The van der Waals surface area contributed by atoms with Gasteiger partial charge in [-0.15, -0.1) is 0 Å². The van der Waals surface area contributed by atoms with E-state index in [0.29, 0.717) is 54.5 Å². The molecule has 1 aromatic carbocycles. The number of amides is 1. The van der Waals surface area contributed by atoms with Crippen molar-refractivity contribution in [2.24, 2.45) is 0 Å². The van der Waals surface area contributed by atoms with Gasteiger partial charge in [-0.2, -0.15) is 4.98 Å². The Balaban J connectivity index is 1.35. The summed E-state index contributed by atoms with van der Waals surface area (Å²) in [4.78, 5) is 26.0. The van der Waals surface area contributed by atoms with Gasteiger partial charge in [0.15, 0.2) is 5.82 Å². The fourth-order valence-corrected chi connectivity index (χ4v) is 3.20. The predicted octanol–water partition coefficient (Wildman–Crippen LogP) is 2.34. The van der Waals surface area contributed by atoms with Crippen molar-refractivity contribution in [1.29, 1.82) is 0 Å². The number of hydrogen-bond acceptors (Lipinski definition) is 5. The van der Waals surface area contributed by atoms with Crippen LogP contribution in [0.2, 0.25) is 0 Å². The second-order valence-electron chi connectivity index (χ2n) is 6.35. The third-order valence-electron chi connectivity index (χ3n) is 4.50. The van der Waals surface area contributed by atoms with Gasteiger partial charge in [-0.3, -0.25) is 4.79 Å². The number of H-pyrrole nitrogens is 1. The van der Waals surface area contributed by atoms with E-state index in [4.69, 9.17) is 4.52 Å². The summed E-state index contributed by atoms with van der Waals surface area (Å²) >= 11 is 0. The maximum Gasteiger partial charge on any atom is 0.231 e. The molecule has 8 heteroatoms. The molecule has 0 bridgehead atoms. The topological polar surface area (TPSA) is 87.9 Å². The number of hydrogen-bond donors (Lipinski definition) is 1. The van der Waals surface area contributed by atoms with Crippen LogP contribution in [0.15, 0.2) is 22.7 Å². The molecule has 4 rings (SSSR count). The SMILES string of the molecule is Cc1noc(C2CCN(C(=O)CCc3nc4ccc(F)cc4[nH]3)C2)n1. The zero-order valence-corrected chi connectivity index (χ0v) is 13.8. The number of aromatic amines is 1. The first-order chi connectivity index (χ1) is 12.1. The number of carbonyl (C=O) groups excluding carboxylic acids is 1. The Morgan fingerprint density at radius 3 is 3.12 bits per heavy atom. The molecule has 25 heavy (non-hydrogen) atoms. The van der Waals surface area contributed by atoms with Gasteiger partial charge in [-0.25, -0.2) is 9.37 Å². The van der Waals surface area contributed by atoms with Gasteiger partial charge in [0.2, 0.25) is 11.8 Å². The van der Waals surface area contributed by atoms with Gasteiger partial charge in [-0.1, -0.05) is 5.16 Å². The number of benzene rings is 1. The van der Waals surface area contributed by atoms with Crippen LogP contribution in [0.4, 0.5) is 4.39 Å². The highest BCUT2D eigenvalue weighted by molar-refractivity contribution is 5.77. The molecule has 1 aliphatic rings. The number of likely N-dealkylation sites (tertiary alicyclic amines) is 1. The number of fused-ring (bicyclic) bond motifs is 1. The van der Waals surface area contributed by atoms with E-state index in [1.807, 2.05) is 4.90 Å². The number of aryl methyl sites for hydroxylation is 2. The first kappa shape index (κ1) is 15.7. The van der Waals surface area contributed by atoms with Crippen LogP contribution < -0.4 is 0 Å². The first-order valence-corrected chi connectivity index (χ1v) is 8.30. The summed E-state index contributed by atoms with van der Waals surface area (Å²) in [6.07, 6.45) is 1.69. The molecule has 0 spiro atoms. The minimum Gasteiger partial charge on any atom is -0.342 e. The number of carbonyl (C=O) groups is 1. The third-order valence-corrected chi connectivity index (χ3v) is 4.50. The maximum atomic E-state index is 13.2. The van der Waals surface area contributed by atoms with E-state index in [0.717, 1.165) is 6.42 Å². The molecule has 7 nitrogen and oxygen atoms in total. The lowest BCUT2D eigenvalue weighted by Gasteiger charge is -2.15. The Bertz CT molecular complexity index is 919. The van der Waals surface area contributed by atoms with Crippen LogP contribution in [0.3, 0.4) is 0 Å². The summed E-state index contributed by atoms with van der Waals surface area (Å²) in [7, 11) is 0. The fraction of sp³-hybridized carbons (Fsp3) is 0.412. The van der Waals surface area contributed by atoms with Crippen molar-refractivity contribution in [2.45, 2.75) is 32.1 Å². The number of imidazole rings is 1. The van der Waals surface area contributed by atoms with Crippen LogP contribution >= 0.6 is 0 Å². The van der Waals surface area contributed by atoms with Gasteiger partial charge < -0.3 is 14.4 Å². The van der Waals surface area contributed by atoms with Gasteiger partial charge in [0.05, 0.1) is 17.0 Å². The number of nitrogens with one attached hydrogen (secondary N) is 1. The van der Waals surface area contributed by atoms with Crippen LogP contribution in [0.25, 0.3) is 11.0 Å². The molecule has 0 saturated carbocycles. The minimum atomic E-state index is -0.307. The quantitative estimate of drug-likeness (QED) is 0.785. The molecule has 3 aromatic rings. The van der Waals surface area contributed by atoms with Gasteiger partial charge >= 0.3 is 0 Å². The Hall–Kier alpha value is -2.77. The Kier molecular flexibility index (Phi) is 3.95. The van der Waals surface area contributed by atoms with Crippen LogP contribution in [-0.2, 0) is 11.2 Å². The molecule has 1 atom stereocenters. The molecule has 3 heterocycles. The van der Waals surface area contributed by atoms with E-state index in [1.54, 1.807) is 13.0 Å². The summed E-state index contributed by atoms with van der Waals surface area (Å²) < 4.78 is 18.4. The number of rotatable bonds is 4. The molecule has 2 aromatic heterocycles. The van der Waals surface area contributed by atoms with Gasteiger partial charge in [0.25, 0.3) is 0 Å². The van der Waals surface area contributed by atoms with E-state index >= 15 is 0 Å². The second-order valence-corrected chi connectivity index (χ2v) is 6.35. The van der Waals surface area contributed by atoms with Crippen molar-refractivity contribution in [2.75, 3.05) is 13.1 Å². The van der Waals surface area contributed by atoms with Crippen LogP contribution in [0, 0.1) is 12.7 Å². The molecule has 1 unspecified atom stereocenters. The maximum absolute atomic E-state index is 13.2. The van der Waals surface area contributed by atoms with Crippen LogP contribution in [-0.4, -0.2) is 44.0 Å². The molecule has 0 radical (unpaired) electrons. The monoisotopic (exact) mass is 343 g/mol. The van der Waals surface area contributed by atoms with Crippen molar-refractivity contribution in [3.8, 4) is 0 Å². The van der Waals surface area contributed by atoms with E-state index in [1.165, 1.54) is 12.1 Å². The van der Waals surface area contributed by atoms with E-state index in [2.05, 4.69) is 20.1 Å². The van der Waals surface area contributed by atoms with Crippen LogP contribution in [0.5, 0.6) is 0 Å². The fourth-order valence-electron chi connectivity index (χ4n) is 3.20. The Labute approximate surface area is 143 Å². The molecule has 1 N–H and O–H groups in total. The van der Waals surface area contributed by atoms with Gasteiger partial charge in [-0.05, 0) is 31.5 Å². The molecule has 1 amide bonds. The minimum absolute atomic E-state index is 0.0744. The van der Waals surface area contributed by atoms with Gasteiger partial charge in [0.1, 0.15) is 11.6 Å². The van der Waals surface area contributed by atoms with E-state index in [-0.39, 0.29) is 17.6 Å². The predicted molar refractivity (Wildman–Crippen MR) is 87.3 cm³/mol. The highest BCUT2D eigenvalue weighted by Gasteiger charge is 2.30. The summed E-state index contributed by atoms with van der Waals surface area (Å²) in [6.45, 7) is 3.08. The first-order valence-electron chi connectivity index (χ1n) is 8.30. The Morgan fingerprint density at radius 2 is 2.32 bits per heavy atom.